The van der Waals surface area contributed by atoms with Crippen LogP contribution in [0.15, 0.2) is 540 Å². The summed E-state index contributed by atoms with van der Waals surface area (Å²) in [5.41, 5.74) is 28.8. The van der Waals surface area contributed by atoms with Crippen molar-refractivity contribution in [1.82, 2.24) is 32.4 Å². The standard InChI is InChI=1S/2C48H30N2.C47H29N3/c2*1-2-12-33(13-3-1)49-45-20-10-8-18-40(45)43-28-31(22-26-47(43)49)32-23-27-48-44(29-32)41-19-9-11-21-46(41)50(48)34-24-25-39-37-16-5-4-14-35(37)36-15-6-7-17-38(36)42(39)30-34;1-2-11-36-34(9-1)35-10-3-4-12-37(35)41-29-33(19-20-38(36)41)50-45-16-8-6-14-40(45)43-28-31(18-22-47(43)50)30-17-21-46-42(27-30)39-13-5-7-15-44(39)49(46)32-23-25-48-26-24-32/h2*1-30H;1-29H. The molecule has 0 aliphatic rings. The Morgan fingerprint density at radius 2 is 0.247 bits per heavy atom. The van der Waals surface area contributed by atoms with E-state index < -0.39 is 0 Å². The summed E-state index contributed by atoms with van der Waals surface area (Å²) in [5.74, 6) is 0. The fourth-order valence-electron chi connectivity index (χ4n) is 25.3. The highest BCUT2D eigenvalue weighted by atomic mass is 15.0. The number of benzene rings is 26. The summed E-state index contributed by atoms with van der Waals surface area (Å²) >= 11 is 0. The van der Waals surface area contributed by atoms with Gasteiger partial charge in [-0.2, -0.15) is 0 Å². The molecule has 0 unspecified atom stereocenters. The minimum absolute atomic E-state index is 1.11. The molecule has 0 fully saturated rings. The molecule has 0 spiro atoms. The van der Waals surface area contributed by atoms with E-state index in [1.54, 1.807) is 0 Å². The van der Waals surface area contributed by atoms with Crippen molar-refractivity contribution >= 4 is 228 Å². The molecule has 7 aromatic heterocycles. The first-order valence-electron chi connectivity index (χ1n) is 51.7. The van der Waals surface area contributed by atoms with Crippen LogP contribution in [0.4, 0.5) is 0 Å². The SMILES string of the molecule is c1ccc(-n2c3ccccc3c3cc(-c4ccc5c(c4)c4ccccc4n5-c4ccc5c6ccccc6c6ccccc6c5c4)ccc32)cc1.c1ccc(-n2c3ccccc3c3cc(-c4ccc5c(c4)c4ccccc4n5-c4ccc5c6ccccc6c6ccccc6c5c4)ccc32)cc1.c1ccc2c(c1)c1ccccc1c1cc(-n3c4ccccc4c4cc(-c5ccc6c(c5)c5ccccc5n6-c5ccncc5)ccc43)ccc21. The van der Waals surface area contributed by atoms with E-state index in [1.165, 1.54) is 290 Å². The van der Waals surface area contributed by atoms with Gasteiger partial charge in [-0.3, -0.25) is 4.98 Å². The Bertz CT molecular complexity index is 10300. The molecule has 33 aromatic rings. The molecular weight excluding hydrogens is 1820 g/mol. The van der Waals surface area contributed by atoms with Gasteiger partial charge < -0.3 is 27.4 Å². The van der Waals surface area contributed by atoms with Gasteiger partial charge in [0.05, 0.1) is 66.2 Å². The van der Waals surface area contributed by atoms with Crippen molar-refractivity contribution in [2.45, 2.75) is 0 Å². The summed E-state index contributed by atoms with van der Waals surface area (Å²) in [6.45, 7) is 0. The van der Waals surface area contributed by atoms with Crippen molar-refractivity contribution in [2.75, 3.05) is 0 Å². The molecule has 33 rings (SSSR count). The number of pyridine rings is 1. The van der Waals surface area contributed by atoms with Gasteiger partial charge in [-0.15, -0.1) is 0 Å². The van der Waals surface area contributed by atoms with Gasteiger partial charge in [-0.1, -0.05) is 346 Å². The average Bonchev–Trinajstić information content (AvgIpc) is 1.08. The molecule has 0 aliphatic heterocycles. The molecule has 0 bridgehead atoms. The lowest BCUT2D eigenvalue weighted by molar-refractivity contribution is 1.16. The van der Waals surface area contributed by atoms with E-state index in [-0.39, 0.29) is 0 Å². The van der Waals surface area contributed by atoms with Crippen LogP contribution in [0, 0.1) is 0 Å². The van der Waals surface area contributed by atoms with E-state index in [0.717, 1.165) is 5.69 Å². The maximum Gasteiger partial charge on any atom is 0.0541 e. The van der Waals surface area contributed by atoms with Gasteiger partial charge in [-0.25, -0.2) is 0 Å². The van der Waals surface area contributed by atoms with E-state index in [0.29, 0.717) is 0 Å². The van der Waals surface area contributed by atoms with Crippen LogP contribution >= 0.6 is 0 Å². The molecule has 0 amide bonds. The van der Waals surface area contributed by atoms with Crippen LogP contribution in [0.25, 0.3) is 295 Å². The largest absolute Gasteiger partial charge is 0.309 e. The average molecular weight is 1910 g/mol. The first kappa shape index (κ1) is 84.5. The molecular formula is C143H89N7. The van der Waals surface area contributed by atoms with Crippen molar-refractivity contribution < 1.29 is 0 Å². The van der Waals surface area contributed by atoms with Gasteiger partial charge in [0.25, 0.3) is 0 Å². The van der Waals surface area contributed by atoms with Crippen LogP contribution < -0.4 is 0 Å². The highest BCUT2D eigenvalue weighted by Gasteiger charge is 2.25. The zero-order chi connectivity index (χ0) is 98.3. The summed E-state index contributed by atoms with van der Waals surface area (Å²) in [5, 5.41) is 38.3. The fraction of sp³-hybridized carbons (Fsp3) is 0. The van der Waals surface area contributed by atoms with E-state index in [4.69, 9.17) is 0 Å². The smallest absolute Gasteiger partial charge is 0.0541 e. The maximum atomic E-state index is 4.26. The zero-order valence-corrected chi connectivity index (χ0v) is 81.5. The Labute approximate surface area is 861 Å². The predicted molar refractivity (Wildman–Crippen MR) is 637 cm³/mol. The van der Waals surface area contributed by atoms with Crippen LogP contribution in [0.2, 0.25) is 0 Å². The topological polar surface area (TPSA) is 42.5 Å². The molecule has 0 atom stereocenters. The summed E-state index contributed by atoms with van der Waals surface area (Å²) in [6, 6.07) is 194. The summed E-state index contributed by atoms with van der Waals surface area (Å²) in [7, 11) is 0. The number of fused-ring (bicyclic) bond motifs is 36. The lowest BCUT2D eigenvalue weighted by Gasteiger charge is -2.14. The molecule has 0 saturated carbocycles. The van der Waals surface area contributed by atoms with Crippen molar-refractivity contribution in [3.8, 4) is 67.5 Å². The molecule has 0 saturated heterocycles. The van der Waals surface area contributed by atoms with Gasteiger partial charge in [0.15, 0.2) is 0 Å². The third-order valence-electron chi connectivity index (χ3n) is 31.9. The third kappa shape index (κ3) is 13.1. The monoisotopic (exact) mass is 1900 g/mol. The normalized spacial score (nSPS) is 12.0. The minimum atomic E-state index is 1.11. The molecule has 26 aromatic carbocycles. The Hall–Kier alpha value is -20.0. The van der Waals surface area contributed by atoms with Crippen molar-refractivity contribution in [2.24, 2.45) is 0 Å². The van der Waals surface area contributed by atoms with E-state index in [2.05, 4.69) is 560 Å². The van der Waals surface area contributed by atoms with Crippen LogP contribution in [-0.2, 0) is 0 Å². The molecule has 0 N–H and O–H groups in total. The maximum absolute atomic E-state index is 4.26. The number of aromatic nitrogens is 7. The minimum Gasteiger partial charge on any atom is -0.309 e. The van der Waals surface area contributed by atoms with Gasteiger partial charge >= 0.3 is 0 Å². The molecule has 0 radical (unpaired) electrons. The first-order valence-corrected chi connectivity index (χ1v) is 51.7. The van der Waals surface area contributed by atoms with Gasteiger partial charge in [0.1, 0.15) is 0 Å². The Morgan fingerprint density at radius 3 is 0.453 bits per heavy atom. The molecule has 0 aliphatic carbocycles. The summed E-state index contributed by atoms with van der Waals surface area (Å²) in [4.78, 5) is 4.26. The van der Waals surface area contributed by atoms with Crippen molar-refractivity contribution in [3.63, 3.8) is 0 Å². The second-order valence-electron chi connectivity index (χ2n) is 39.8. The van der Waals surface area contributed by atoms with Gasteiger partial charge in [-0.05, 0) is 312 Å². The summed E-state index contributed by atoms with van der Waals surface area (Å²) in [6.07, 6.45) is 3.72. The first-order chi connectivity index (χ1) is 74.4. The second-order valence-corrected chi connectivity index (χ2v) is 39.8. The number of rotatable bonds is 9. The Balaban J connectivity index is 0.000000101. The van der Waals surface area contributed by atoms with Crippen LogP contribution in [0.1, 0.15) is 0 Å². The predicted octanol–water partition coefficient (Wildman–Crippen LogP) is 38.4. The van der Waals surface area contributed by atoms with Crippen molar-refractivity contribution in [1.29, 1.82) is 0 Å². The molecule has 150 heavy (non-hydrogen) atoms. The molecule has 7 nitrogen and oxygen atoms in total. The molecule has 7 heterocycles. The molecule has 7 heteroatoms. The second kappa shape index (κ2) is 33.8. The van der Waals surface area contributed by atoms with Crippen molar-refractivity contribution in [3.05, 3.63) is 540 Å². The highest BCUT2D eigenvalue weighted by Crippen LogP contribution is 2.48. The number of para-hydroxylation sites is 8. The van der Waals surface area contributed by atoms with Gasteiger partial charge in [0.2, 0.25) is 0 Å². The van der Waals surface area contributed by atoms with Crippen LogP contribution in [0.5, 0.6) is 0 Å². The number of hydrogen-bond donors (Lipinski definition) is 0. The number of hydrogen-bond acceptors (Lipinski definition) is 1. The molecule has 696 valence electrons. The quantitative estimate of drug-likeness (QED) is 0.133. The third-order valence-corrected chi connectivity index (χ3v) is 31.9. The van der Waals surface area contributed by atoms with E-state index >= 15 is 0 Å². The van der Waals surface area contributed by atoms with Crippen LogP contribution in [0.3, 0.4) is 0 Å². The lowest BCUT2D eigenvalue weighted by atomic mass is 9.94. The van der Waals surface area contributed by atoms with E-state index in [1.807, 2.05) is 12.4 Å². The van der Waals surface area contributed by atoms with Gasteiger partial charge in [0, 0.05) is 111 Å². The highest BCUT2D eigenvalue weighted by molar-refractivity contribution is 6.30. The number of nitrogens with zero attached hydrogens (tertiary/aromatic N) is 7. The fourth-order valence-corrected chi connectivity index (χ4v) is 25.3. The summed E-state index contributed by atoms with van der Waals surface area (Å²) < 4.78 is 14.4. The lowest BCUT2D eigenvalue weighted by Crippen LogP contribution is -1.94. The Morgan fingerprint density at radius 1 is 0.0933 bits per heavy atom. The zero-order valence-electron chi connectivity index (χ0n) is 81.5. The van der Waals surface area contributed by atoms with Crippen LogP contribution in [-0.4, -0.2) is 32.4 Å². The Kier molecular flexibility index (Phi) is 19.1. The van der Waals surface area contributed by atoms with E-state index in [9.17, 15) is 0 Å².